The molecule has 0 heterocycles. The summed E-state index contributed by atoms with van der Waals surface area (Å²) in [6.45, 7) is 15.3. The van der Waals surface area contributed by atoms with Crippen molar-refractivity contribution in [2.45, 2.75) is 46.6 Å². The normalized spacial score (nSPS) is 13.0. The van der Waals surface area contributed by atoms with E-state index in [1.54, 1.807) is 0 Å². The predicted octanol–water partition coefficient (Wildman–Crippen LogP) is 0.763. The van der Waals surface area contributed by atoms with Crippen LogP contribution in [0.25, 0.3) is 0 Å². The molecule has 0 aliphatic rings. The first-order valence-electron chi connectivity index (χ1n) is 9.46. The highest BCUT2D eigenvalue weighted by atomic mass is 15.2. The van der Waals surface area contributed by atoms with E-state index in [2.05, 4.69) is 50.0 Å². The van der Waals surface area contributed by atoms with Gasteiger partial charge in [-0.25, -0.2) is 0 Å². The summed E-state index contributed by atoms with van der Waals surface area (Å²) >= 11 is 0. The highest BCUT2D eigenvalue weighted by molar-refractivity contribution is 4.61. The first-order valence-corrected chi connectivity index (χ1v) is 9.46. The van der Waals surface area contributed by atoms with Crippen LogP contribution >= 0.6 is 0 Å². The van der Waals surface area contributed by atoms with Gasteiger partial charge in [0.1, 0.15) is 0 Å². The molecule has 0 radical (unpaired) electrons. The first kappa shape index (κ1) is 28.6. The maximum absolute atomic E-state index is 5.53. The van der Waals surface area contributed by atoms with E-state index in [1.807, 2.05) is 14.0 Å². The summed E-state index contributed by atoms with van der Waals surface area (Å²) in [5.74, 6) is 0.713. The fourth-order valence-electron chi connectivity index (χ4n) is 1.30. The minimum absolute atomic E-state index is 0.384. The molecule has 150 valence electrons. The molecule has 0 aromatic carbocycles. The minimum atomic E-state index is 0.384. The summed E-state index contributed by atoms with van der Waals surface area (Å²) in [6, 6.07) is 0.384. The second-order valence-corrected chi connectivity index (χ2v) is 6.67. The van der Waals surface area contributed by atoms with Crippen LogP contribution in [0, 0.1) is 5.92 Å². The predicted molar refractivity (Wildman–Crippen MR) is 110 cm³/mol. The second kappa shape index (κ2) is 22.8. The molecule has 0 bridgehead atoms. The van der Waals surface area contributed by atoms with Crippen LogP contribution in [-0.4, -0.2) is 82.8 Å². The third-order valence-corrected chi connectivity index (χ3v) is 3.73. The summed E-state index contributed by atoms with van der Waals surface area (Å²) in [7, 11) is 6.17. The van der Waals surface area contributed by atoms with E-state index in [0.29, 0.717) is 12.0 Å². The molecule has 0 saturated carbocycles. The van der Waals surface area contributed by atoms with Crippen molar-refractivity contribution in [3.05, 3.63) is 0 Å². The fourth-order valence-corrected chi connectivity index (χ4v) is 1.30. The average Bonchev–Trinajstić information content (AvgIpc) is 2.57. The summed E-state index contributed by atoms with van der Waals surface area (Å²) in [5.41, 5.74) is 16.1. The maximum atomic E-state index is 5.53. The van der Waals surface area contributed by atoms with Crippen LogP contribution in [-0.2, 0) is 0 Å². The van der Waals surface area contributed by atoms with Crippen molar-refractivity contribution in [1.29, 1.82) is 0 Å². The van der Waals surface area contributed by atoms with Gasteiger partial charge >= 0.3 is 0 Å². The molecule has 0 rings (SSSR count). The molecule has 0 fully saturated rings. The van der Waals surface area contributed by atoms with E-state index in [-0.39, 0.29) is 0 Å². The Morgan fingerprint density at radius 3 is 1.71 bits per heavy atom. The van der Waals surface area contributed by atoms with Gasteiger partial charge in [0.15, 0.2) is 0 Å². The molecular weight excluding hydrogens is 300 g/mol. The number of nitrogens with one attached hydrogen (secondary N) is 1. The quantitative estimate of drug-likeness (QED) is 0.440. The van der Waals surface area contributed by atoms with Crippen LogP contribution < -0.4 is 22.5 Å². The van der Waals surface area contributed by atoms with Gasteiger partial charge < -0.3 is 27.4 Å². The summed E-state index contributed by atoms with van der Waals surface area (Å²) in [6.07, 6.45) is 2.29. The maximum Gasteiger partial charge on any atom is 0.0110 e. The second-order valence-electron chi connectivity index (χ2n) is 6.67. The van der Waals surface area contributed by atoms with Crippen LogP contribution in [0.15, 0.2) is 0 Å². The Morgan fingerprint density at radius 2 is 1.46 bits per heavy atom. The van der Waals surface area contributed by atoms with Crippen LogP contribution in [0.2, 0.25) is 0 Å². The molecule has 2 unspecified atom stereocenters. The lowest BCUT2D eigenvalue weighted by atomic mass is 10.1. The molecule has 0 aliphatic carbocycles. The molecule has 0 aromatic rings. The van der Waals surface area contributed by atoms with E-state index in [4.69, 9.17) is 17.2 Å². The Hall–Kier alpha value is -0.240. The molecule has 0 amide bonds. The Balaban J connectivity index is -0.000000332. The zero-order valence-electron chi connectivity index (χ0n) is 17.6. The zero-order chi connectivity index (χ0) is 19.4. The number of nitrogens with zero attached hydrogens (tertiary/aromatic N) is 2. The molecule has 0 spiro atoms. The lowest BCUT2D eigenvalue weighted by Crippen LogP contribution is -2.38. The van der Waals surface area contributed by atoms with Crippen molar-refractivity contribution in [1.82, 2.24) is 15.1 Å². The summed E-state index contributed by atoms with van der Waals surface area (Å²) < 4.78 is 0. The number of hydrogen-bond donors (Lipinski definition) is 4. The van der Waals surface area contributed by atoms with Gasteiger partial charge in [-0.1, -0.05) is 27.2 Å². The molecule has 0 aromatic heterocycles. The van der Waals surface area contributed by atoms with Crippen LogP contribution in [0.4, 0.5) is 0 Å². The monoisotopic (exact) mass is 348 g/mol. The highest BCUT2D eigenvalue weighted by Crippen LogP contribution is 1.93. The smallest absolute Gasteiger partial charge is 0.0110 e. The highest BCUT2D eigenvalue weighted by Gasteiger charge is 2.02. The summed E-state index contributed by atoms with van der Waals surface area (Å²) in [4.78, 5) is 4.58. The lowest BCUT2D eigenvalue weighted by molar-refractivity contribution is 0.247. The van der Waals surface area contributed by atoms with Gasteiger partial charge in [0, 0.05) is 45.3 Å². The van der Waals surface area contributed by atoms with Crippen LogP contribution in [0.3, 0.4) is 0 Å². The number of nitrogens with two attached hydrogens (primary N) is 3. The van der Waals surface area contributed by atoms with E-state index in [0.717, 1.165) is 52.2 Å². The Labute approximate surface area is 152 Å². The van der Waals surface area contributed by atoms with Gasteiger partial charge in [0.05, 0.1) is 0 Å². The topological polar surface area (TPSA) is 96.6 Å². The first-order chi connectivity index (χ1) is 11.3. The van der Waals surface area contributed by atoms with Gasteiger partial charge in [-0.3, -0.25) is 4.90 Å². The van der Waals surface area contributed by atoms with Gasteiger partial charge in [0.25, 0.3) is 0 Å². The molecule has 6 nitrogen and oxygen atoms in total. The standard InChI is InChI=1S/C9H24N4.C5H13N.C4H11N/c1-11-5-7-13(6-4-10)9-8-12(2)3;1-3-5(2)4-6;1-3-4(2)5/h11H,4-10H2,1-3H3;5H,3-4,6H2,1-2H3;4H,3,5H2,1-2H3. The van der Waals surface area contributed by atoms with Crippen molar-refractivity contribution >= 4 is 0 Å². The Morgan fingerprint density at radius 1 is 0.917 bits per heavy atom. The van der Waals surface area contributed by atoms with Crippen molar-refractivity contribution in [3.63, 3.8) is 0 Å². The van der Waals surface area contributed by atoms with Crippen molar-refractivity contribution in [3.8, 4) is 0 Å². The van der Waals surface area contributed by atoms with Crippen molar-refractivity contribution < 1.29 is 0 Å². The molecule has 7 N–H and O–H groups in total. The molecule has 24 heavy (non-hydrogen) atoms. The number of hydrogen-bond acceptors (Lipinski definition) is 6. The van der Waals surface area contributed by atoms with Crippen molar-refractivity contribution in [2.24, 2.45) is 23.1 Å². The van der Waals surface area contributed by atoms with E-state index in [1.165, 1.54) is 6.42 Å². The molecule has 2 atom stereocenters. The minimum Gasteiger partial charge on any atom is -0.330 e. The Bertz CT molecular complexity index is 208. The molecule has 0 saturated heterocycles. The molecular formula is C18H48N6. The van der Waals surface area contributed by atoms with Gasteiger partial charge in [0.2, 0.25) is 0 Å². The largest absolute Gasteiger partial charge is 0.330 e. The fraction of sp³-hybridized carbons (Fsp3) is 1.00. The van der Waals surface area contributed by atoms with Gasteiger partial charge in [-0.15, -0.1) is 0 Å². The zero-order valence-corrected chi connectivity index (χ0v) is 17.6. The summed E-state index contributed by atoms with van der Waals surface area (Å²) in [5, 5.41) is 3.15. The SMILES string of the molecule is CCC(C)CN.CCC(C)N.CNCCN(CCN)CCN(C)C. The third-order valence-electron chi connectivity index (χ3n) is 3.73. The lowest BCUT2D eigenvalue weighted by Gasteiger charge is -2.23. The number of likely N-dealkylation sites (N-methyl/N-ethyl adjacent to an activating group) is 2. The number of rotatable bonds is 11. The van der Waals surface area contributed by atoms with Gasteiger partial charge in [-0.05, 0) is 47.0 Å². The third kappa shape index (κ3) is 29.7. The van der Waals surface area contributed by atoms with Crippen LogP contribution in [0.5, 0.6) is 0 Å². The van der Waals surface area contributed by atoms with Crippen molar-refractivity contribution in [2.75, 3.05) is 67.0 Å². The van der Waals surface area contributed by atoms with Crippen LogP contribution in [0.1, 0.15) is 40.5 Å². The van der Waals surface area contributed by atoms with Gasteiger partial charge in [-0.2, -0.15) is 0 Å². The van der Waals surface area contributed by atoms with E-state index < -0.39 is 0 Å². The molecule has 0 aliphatic heterocycles. The van der Waals surface area contributed by atoms with E-state index >= 15 is 0 Å². The molecule has 6 heteroatoms. The van der Waals surface area contributed by atoms with E-state index in [9.17, 15) is 0 Å². The average molecular weight is 349 g/mol. The Kier molecular flexibility index (Phi) is 27.1.